The Kier molecular flexibility index (Phi) is 3.27. The predicted octanol–water partition coefficient (Wildman–Crippen LogP) is 0.282. The van der Waals surface area contributed by atoms with Gasteiger partial charge in [0.05, 0.1) is 6.42 Å². The highest BCUT2D eigenvalue weighted by Crippen LogP contribution is 2.23. The molecular formula is C4H6F3NO3. The summed E-state index contributed by atoms with van der Waals surface area (Å²) in [6, 6.07) is 0. The number of aliphatic carboxylic acids is 1. The van der Waals surface area contributed by atoms with E-state index in [9.17, 15) is 18.0 Å². The van der Waals surface area contributed by atoms with E-state index in [0.29, 0.717) is 0 Å². The molecule has 0 aliphatic carbocycles. The summed E-state index contributed by atoms with van der Waals surface area (Å²) in [5, 5.41) is 7.94. The molecule has 0 radical (unpaired) electrons. The topological polar surface area (TPSA) is 72.5 Å². The van der Waals surface area contributed by atoms with Crippen molar-refractivity contribution in [1.82, 2.24) is 0 Å². The molecule has 1 atom stereocenters. The maximum Gasteiger partial charge on any atom is 0.417 e. The molecule has 0 amide bonds. The molecule has 0 saturated carbocycles. The minimum atomic E-state index is -4.73. The van der Waals surface area contributed by atoms with E-state index in [1.807, 2.05) is 0 Å². The maximum atomic E-state index is 11.6. The second-order valence-electron chi connectivity index (χ2n) is 1.76. The van der Waals surface area contributed by atoms with Crippen LogP contribution in [-0.4, -0.2) is 23.4 Å². The van der Waals surface area contributed by atoms with Crippen molar-refractivity contribution in [1.29, 1.82) is 0 Å². The summed E-state index contributed by atoms with van der Waals surface area (Å²) in [7, 11) is 0. The first-order chi connectivity index (χ1) is 4.88. The van der Waals surface area contributed by atoms with Gasteiger partial charge in [-0.2, -0.15) is 13.2 Å². The Morgan fingerprint density at radius 1 is 1.64 bits per heavy atom. The molecule has 0 aromatic heterocycles. The molecule has 0 bridgehead atoms. The van der Waals surface area contributed by atoms with Crippen LogP contribution in [0.5, 0.6) is 0 Å². The standard InChI is InChI=1S/C4H6F3NO3/c5-4(6,7)2(11-8)1-3(9)10/h2H,1,8H2,(H,9,10). The highest BCUT2D eigenvalue weighted by molar-refractivity contribution is 5.67. The van der Waals surface area contributed by atoms with Crippen LogP contribution in [0.3, 0.4) is 0 Å². The van der Waals surface area contributed by atoms with Gasteiger partial charge in [0.1, 0.15) is 0 Å². The van der Waals surface area contributed by atoms with Crippen molar-refractivity contribution in [3.05, 3.63) is 0 Å². The normalized spacial score (nSPS) is 14.5. The largest absolute Gasteiger partial charge is 0.481 e. The third kappa shape index (κ3) is 3.79. The Hall–Kier alpha value is -0.820. The Labute approximate surface area is 59.7 Å². The predicted molar refractivity (Wildman–Crippen MR) is 27.4 cm³/mol. The van der Waals surface area contributed by atoms with Crippen molar-refractivity contribution in [2.75, 3.05) is 0 Å². The van der Waals surface area contributed by atoms with Gasteiger partial charge < -0.3 is 5.11 Å². The number of hydrogen-bond donors (Lipinski definition) is 2. The number of hydrogen-bond acceptors (Lipinski definition) is 3. The third-order valence-corrected chi connectivity index (χ3v) is 0.889. The van der Waals surface area contributed by atoms with Gasteiger partial charge in [0, 0.05) is 0 Å². The second-order valence-corrected chi connectivity index (χ2v) is 1.76. The molecule has 0 rings (SSSR count). The van der Waals surface area contributed by atoms with Crippen molar-refractivity contribution in [2.45, 2.75) is 18.7 Å². The molecule has 66 valence electrons. The molecule has 0 heterocycles. The average Bonchev–Trinajstić information content (AvgIpc) is 1.79. The Morgan fingerprint density at radius 2 is 2.09 bits per heavy atom. The summed E-state index contributed by atoms with van der Waals surface area (Å²) in [4.78, 5) is 13.2. The van der Waals surface area contributed by atoms with E-state index in [1.165, 1.54) is 0 Å². The minimum absolute atomic E-state index is 1.18. The van der Waals surface area contributed by atoms with Crippen molar-refractivity contribution in [3.8, 4) is 0 Å². The molecular weight excluding hydrogens is 167 g/mol. The van der Waals surface area contributed by atoms with Gasteiger partial charge in [-0.1, -0.05) is 0 Å². The summed E-state index contributed by atoms with van der Waals surface area (Å²) in [6.45, 7) is 0. The molecule has 0 aromatic rings. The van der Waals surface area contributed by atoms with Crippen molar-refractivity contribution >= 4 is 5.97 Å². The zero-order chi connectivity index (χ0) is 9.07. The number of halogens is 3. The first-order valence-electron chi connectivity index (χ1n) is 2.52. The van der Waals surface area contributed by atoms with Crippen LogP contribution >= 0.6 is 0 Å². The average molecular weight is 173 g/mol. The molecule has 0 spiro atoms. The number of carbonyl (C=O) groups is 1. The number of carboxylic acids is 1. The lowest BCUT2D eigenvalue weighted by molar-refractivity contribution is -0.225. The van der Waals surface area contributed by atoms with Gasteiger partial charge in [-0.15, -0.1) is 0 Å². The van der Waals surface area contributed by atoms with Gasteiger partial charge in [0.15, 0.2) is 6.10 Å². The lowest BCUT2D eigenvalue weighted by Crippen LogP contribution is -2.35. The van der Waals surface area contributed by atoms with E-state index in [-0.39, 0.29) is 0 Å². The molecule has 0 aliphatic rings. The van der Waals surface area contributed by atoms with Gasteiger partial charge in [0.25, 0.3) is 0 Å². The van der Waals surface area contributed by atoms with Gasteiger partial charge >= 0.3 is 12.1 Å². The van der Waals surface area contributed by atoms with E-state index >= 15 is 0 Å². The highest BCUT2D eigenvalue weighted by Gasteiger charge is 2.41. The summed E-state index contributed by atoms with van der Waals surface area (Å²) in [6.07, 6.45) is -8.34. The molecule has 0 saturated heterocycles. The van der Waals surface area contributed by atoms with Gasteiger partial charge in [-0.05, 0) is 0 Å². The van der Waals surface area contributed by atoms with Crippen molar-refractivity contribution < 1.29 is 27.9 Å². The monoisotopic (exact) mass is 173 g/mol. The van der Waals surface area contributed by atoms with Crippen LogP contribution in [0.15, 0.2) is 0 Å². The quantitative estimate of drug-likeness (QED) is 0.601. The maximum absolute atomic E-state index is 11.6. The number of nitrogens with two attached hydrogens (primary N) is 1. The fourth-order valence-corrected chi connectivity index (χ4v) is 0.400. The summed E-state index contributed by atoms with van der Waals surface area (Å²) >= 11 is 0. The number of alkyl halides is 3. The van der Waals surface area contributed by atoms with Crippen LogP contribution in [0.1, 0.15) is 6.42 Å². The highest BCUT2D eigenvalue weighted by atomic mass is 19.4. The van der Waals surface area contributed by atoms with Crippen LogP contribution in [0.25, 0.3) is 0 Å². The lowest BCUT2D eigenvalue weighted by atomic mass is 10.2. The van der Waals surface area contributed by atoms with Gasteiger partial charge in [0.2, 0.25) is 0 Å². The molecule has 0 fully saturated rings. The van der Waals surface area contributed by atoms with Gasteiger partial charge in [-0.3, -0.25) is 9.63 Å². The van der Waals surface area contributed by atoms with E-state index in [4.69, 9.17) is 5.11 Å². The zero-order valence-electron chi connectivity index (χ0n) is 5.26. The smallest absolute Gasteiger partial charge is 0.417 e. The Bertz CT molecular complexity index is 146. The Morgan fingerprint density at radius 3 is 2.18 bits per heavy atom. The summed E-state index contributed by atoms with van der Waals surface area (Å²) in [5.41, 5.74) is 0. The van der Waals surface area contributed by atoms with E-state index in [1.54, 1.807) is 0 Å². The fourth-order valence-electron chi connectivity index (χ4n) is 0.400. The summed E-state index contributed by atoms with van der Waals surface area (Å²) in [5.74, 6) is 2.61. The Balaban J connectivity index is 4.07. The van der Waals surface area contributed by atoms with Crippen LogP contribution in [-0.2, 0) is 9.63 Å². The van der Waals surface area contributed by atoms with Crippen LogP contribution in [0, 0.1) is 0 Å². The molecule has 0 aliphatic heterocycles. The van der Waals surface area contributed by atoms with Crippen LogP contribution in [0.2, 0.25) is 0 Å². The second kappa shape index (κ2) is 3.54. The molecule has 7 heteroatoms. The van der Waals surface area contributed by atoms with E-state index in [2.05, 4.69) is 10.7 Å². The van der Waals surface area contributed by atoms with E-state index in [0.717, 1.165) is 0 Å². The van der Waals surface area contributed by atoms with E-state index < -0.39 is 24.7 Å². The molecule has 4 nitrogen and oxygen atoms in total. The van der Waals surface area contributed by atoms with Crippen molar-refractivity contribution in [3.63, 3.8) is 0 Å². The zero-order valence-corrected chi connectivity index (χ0v) is 5.26. The first kappa shape index (κ1) is 10.2. The molecule has 11 heavy (non-hydrogen) atoms. The third-order valence-electron chi connectivity index (χ3n) is 0.889. The summed E-state index contributed by atoms with van der Waals surface area (Å²) < 4.78 is 34.8. The van der Waals surface area contributed by atoms with Crippen LogP contribution < -0.4 is 5.90 Å². The fraction of sp³-hybridized carbons (Fsp3) is 0.750. The van der Waals surface area contributed by atoms with Crippen LogP contribution in [0.4, 0.5) is 13.2 Å². The molecule has 0 aromatic carbocycles. The molecule has 3 N–H and O–H groups in total. The first-order valence-corrected chi connectivity index (χ1v) is 2.52. The van der Waals surface area contributed by atoms with Gasteiger partial charge in [-0.25, -0.2) is 5.90 Å². The minimum Gasteiger partial charge on any atom is -0.481 e. The SMILES string of the molecule is NOC(CC(=O)O)C(F)(F)F. The number of rotatable bonds is 3. The van der Waals surface area contributed by atoms with Crippen molar-refractivity contribution in [2.24, 2.45) is 5.90 Å². The molecule has 1 unspecified atom stereocenters. The lowest BCUT2D eigenvalue weighted by Gasteiger charge is -2.14. The number of carboxylic acid groups (broad SMARTS) is 1.